The Morgan fingerprint density at radius 2 is 1.95 bits per heavy atom. The summed E-state index contributed by atoms with van der Waals surface area (Å²) in [6.07, 6.45) is 4.14. The minimum atomic E-state index is -0.294. The van der Waals surface area contributed by atoms with Crippen molar-refractivity contribution in [2.45, 2.75) is 39.2 Å². The van der Waals surface area contributed by atoms with Crippen molar-refractivity contribution in [1.82, 2.24) is 4.90 Å². The highest BCUT2D eigenvalue weighted by molar-refractivity contribution is 5.83. The number of carbonyl (C=O) groups excluding carboxylic acids is 1. The van der Waals surface area contributed by atoms with Gasteiger partial charge in [-0.2, -0.15) is 0 Å². The zero-order valence-electron chi connectivity index (χ0n) is 12.0. The van der Waals surface area contributed by atoms with Crippen molar-refractivity contribution < 1.29 is 4.79 Å². The maximum absolute atomic E-state index is 12.7. The zero-order chi connectivity index (χ0) is 13.9. The molecule has 0 aliphatic heterocycles. The van der Waals surface area contributed by atoms with Gasteiger partial charge >= 0.3 is 0 Å². The van der Waals surface area contributed by atoms with Crippen molar-refractivity contribution >= 4 is 5.91 Å². The first-order valence-corrected chi connectivity index (χ1v) is 7.09. The number of rotatable bonds is 4. The maximum atomic E-state index is 12.7. The number of hydrogen-bond acceptors (Lipinski definition) is 2. The van der Waals surface area contributed by atoms with Crippen LogP contribution in [0.25, 0.3) is 0 Å². The van der Waals surface area contributed by atoms with Gasteiger partial charge in [0.25, 0.3) is 0 Å². The Hall–Kier alpha value is -1.35. The van der Waals surface area contributed by atoms with E-state index in [1.54, 1.807) is 0 Å². The molecule has 1 aromatic carbocycles. The van der Waals surface area contributed by atoms with Gasteiger partial charge in [-0.25, -0.2) is 0 Å². The third-order valence-electron chi connectivity index (χ3n) is 4.42. The molecule has 1 aliphatic carbocycles. The summed E-state index contributed by atoms with van der Waals surface area (Å²) in [5, 5.41) is 0. The predicted octanol–water partition coefficient (Wildman–Crippen LogP) is 2.47. The van der Waals surface area contributed by atoms with E-state index in [-0.39, 0.29) is 11.3 Å². The largest absolute Gasteiger partial charge is 0.341 e. The van der Waals surface area contributed by atoms with Gasteiger partial charge in [0.2, 0.25) is 5.91 Å². The molecule has 1 aliphatic rings. The van der Waals surface area contributed by atoms with Gasteiger partial charge in [0.1, 0.15) is 0 Å². The summed E-state index contributed by atoms with van der Waals surface area (Å²) in [4.78, 5) is 14.5. The second-order valence-corrected chi connectivity index (χ2v) is 5.78. The van der Waals surface area contributed by atoms with E-state index in [0.29, 0.717) is 13.1 Å². The van der Waals surface area contributed by atoms with Gasteiger partial charge < -0.3 is 10.6 Å². The lowest BCUT2D eigenvalue weighted by Gasteiger charge is -2.31. The fourth-order valence-electron chi connectivity index (χ4n) is 3.08. The average molecular weight is 260 g/mol. The summed E-state index contributed by atoms with van der Waals surface area (Å²) in [6, 6.07) is 8.22. The van der Waals surface area contributed by atoms with Crippen LogP contribution in [0.3, 0.4) is 0 Å². The van der Waals surface area contributed by atoms with Crippen LogP contribution in [-0.4, -0.2) is 24.4 Å². The van der Waals surface area contributed by atoms with Crippen molar-refractivity contribution in [3.05, 3.63) is 35.4 Å². The lowest BCUT2D eigenvalue weighted by atomic mass is 9.84. The standard InChI is InChI=1S/C16H24N2O/c1-13-7-3-4-8-14(13)11-18(2)15(19)16(12-17)9-5-6-10-16/h3-4,7-8H,5-6,9-12,17H2,1-2H3. The fraction of sp³-hybridized carbons (Fsp3) is 0.562. The van der Waals surface area contributed by atoms with Crippen molar-refractivity contribution in [3.63, 3.8) is 0 Å². The van der Waals surface area contributed by atoms with E-state index in [2.05, 4.69) is 19.1 Å². The minimum Gasteiger partial charge on any atom is -0.341 e. The van der Waals surface area contributed by atoms with Crippen LogP contribution in [0, 0.1) is 12.3 Å². The fourth-order valence-corrected chi connectivity index (χ4v) is 3.08. The maximum Gasteiger partial charge on any atom is 0.230 e. The second-order valence-electron chi connectivity index (χ2n) is 5.78. The predicted molar refractivity (Wildman–Crippen MR) is 77.6 cm³/mol. The molecule has 0 atom stereocenters. The van der Waals surface area contributed by atoms with E-state index >= 15 is 0 Å². The summed E-state index contributed by atoms with van der Waals surface area (Å²) >= 11 is 0. The first-order valence-electron chi connectivity index (χ1n) is 7.09. The molecular formula is C16H24N2O. The van der Waals surface area contributed by atoms with Gasteiger partial charge in [-0.05, 0) is 30.9 Å². The third-order valence-corrected chi connectivity index (χ3v) is 4.42. The lowest BCUT2D eigenvalue weighted by Crippen LogP contribution is -2.44. The molecule has 2 N–H and O–H groups in total. The van der Waals surface area contributed by atoms with Gasteiger partial charge in [0, 0.05) is 20.1 Å². The van der Waals surface area contributed by atoms with Gasteiger partial charge in [-0.3, -0.25) is 4.79 Å². The second kappa shape index (κ2) is 5.74. The van der Waals surface area contributed by atoms with Crippen LogP contribution in [0.1, 0.15) is 36.8 Å². The molecule has 0 bridgehead atoms. The van der Waals surface area contributed by atoms with E-state index < -0.39 is 0 Å². The van der Waals surface area contributed by atoms with Crippen molar-refractivity contribution in [2.75, 3.05) is 13.6 Å². The third kappa shape index (κ3) is 2.81. The Balaban J connectivity index is 2.09. The lowest BCUT2D eigenvalue weighted by molar-refractivity contribution is -0.140. The number of aryl methyl sites for hydroxylation is 1. The Labute approximate surface area is 115 Å². The molecule has 1 fully saturated rings. The molecule has 3 heteroatoms. The normalized spacial score (nSPS) is 17.4. The topological polar surface area (TPSA) is 46.3 Å². The van der Waals surface area contributed by atoms with Crippen LogP contribution in [0.15, 0.2) is 24.3 Å². The summed E-state index contributed by atoms with van der Waals surface area (Å²) in [6.45, 7) is 3.24. The number of hydrogen-bond donors (Lipinski definition) is 1. The summed E-state index contributed by atoms with van der Waals surface area (Å²) in [5.41, 5.74) is 8.03. The molecule has 1 saturated carbocycles. The Morgan fingerprint density at radius 1 is 1.32 bits per heavy atom. The molecule has 3 nitrogen and oxygen atoms in total. The van der Waals surface area contributed by atoms with E-state index in [0.717, 1.165) is 25.7 Å². The number of nitrogens with zero attached hydrogens (tertiary/aromatic N) is 1. The molecule has 0 radical (unpaired) electrons. The summed E-state index contributed by atoms with van der Waals surface area (Å²) in [5.74, 6) is 0.218. The molecule has 104 valence electrons. The highest BCUT2D eigenvalue weighted by atomic mass is 16.2. The molecule has 0 saturated heterocycles. The zero-order valence-corrected chi connectivity index (χ0v) is 12.0. The number of amides is 1. The molecular weight excluding hydrogens is 236 g/mol. The Bertz CT molecular complexity index is 450. The van der Waals surface area contributed by atoms with Gasteiger partial charge in [0.15, 0.2) is 0 Å². The molecule has 1 aromatic rings. The van der Waals surface area contributed by atoms with Crippen LogP contribution < -0.4 is 5.73 Å². The molecule has 0 aromatic heterocycles. The van der Waals surface area contributed by atoms with Crippen molar-refractivity contribution in [3.8, 4) is 0 Å². The highest BCUT2D eigenvalue weighted by Crippen LogP contribution is 2.38. The molecule has 0 unspecified atom stereocenters. The summed E-state index contributed by atoms with van der Waals surface area (Å²) < 4.78 is 0. The van der Waals surface area contributed by atoms with Crippen LogP contribution in [0.2, 0.25) is 0 Å². The van der Waals surface area contributed by atoms with Gasteiger partial charge in [-0.15, -0.1) is 0 Å². The Morgan fingerprint density at radius 3 is 2.53 bits per heavy atom. The monoisotopic (exact) mass is 260 g/mol. The van der Waals surface area contributed by atoms with E-state index in [9.17, 15) is 4.79 Å². The van der Waals surface area contributed by atoms with Crippen LogP contribution in [0.4, 0.5) is 0 Å². The van der Waals surface area contributed by atoms with Crippen molar-refractivity contribution in [2.24, 2.45) is 11.1 Å². The van der Waals surface area contributed by atoms with Gasteiger partial charge in [-0.1, -0.05) is 37.1 Å². The van der Waals surface area contributed by atoms with E-state index in [1.165, 1.54) is 11.1 Å². The molecule has 19 heavy (non-hydrogen) atoms. The highest BCUT2D eigenvalue weighted by Gasteiger charge is 2.41. The van der Waals surface area contributed by atoms with Crippen molar-refractivity contribution in [1.29, 1.82) is 0 Å². The van der Waals surface area contributed by atoms with Crippen LogP contribution in [-0.2, 0) is 11.3 Å². The quantitative estimate of drug-likeness (QED) is 0.904. The van der Waals surface area contributed by atoms with E-state index in [1.807, 2.05) is 24.1 Å². The molecule has 0 spiro atoms. The van der Waals surface area contributed by atoms with Crippen LogP contribution >= 0.6 is 0 Å². The molecule has 1 amide bonds. The van der Waals surface area contributed by atoms with Crippen LogP contribution in [0.5, 0.6) is 0 Å². The number of nitrogens with two attached hydrogens (primary N) is 1. The SMILES string of the molecule is Cc1ccccc1CN(C)C(=O)C1(CN)CCCC1. The molecule has 2 rings (SSSR count). The number of carbonyl (C=O) groups is 1. The first kappa shape index (κ1) is 14.1. The minimum absolute atomic E-state index is 0.218. The molecule has 0 heterocycles. The Kier molecular flexibility index (Phi) is 4.25. The van der Waals surface area contributed by atoms with Gasteiger partial charge in [0.05, 0.1) is 5.41 Å². The number of benzene rings is 1. The van der Waals surface area contributed by atoms with E-state index in [4.69, 9.17) is 5.73 Å². The average Bonchev–Trinajstić information content (AvgIpc) is 2.90. The smallest absolute Gasteiger partial charge is 0.230 e. The first-order chi connectivity index (χ1) is 9.09. The summed E-state index contributed by atoms with van der Waals surface area (Å²) in [7, 11) is 1.89.